The summed E-state index contributed by atoms with van der Waals surface area (Å²) in [6.07, 6.45) is 2.46. The van der Waals surface area contributed by atoms with E-state index >= 15 is 0 Å². The van der Waals surface area contributed by atoms with Gasteiger partial charge in [-0.1, -0.05) is 18.2 Å². The number of hydrogen-bond acceptors (Lipinski definition) is 2. The van der Waals surface area contributed by atoms with E-state index in [1.807, 2.05) is 11.0 Å². The number of benzene rings is 1. The van der Waals surface area contributed by atoms with E-state index in [1.165, 1.54) is 6.07 Å². The van der Waals surface area contributed by atoms with Gasteiger partial charge < -0.3 is 10.6 Å². The predicted octanol–water partition coefficient (Wildman–Crippen LogP) is 2.47. The van der Waals surface area contributed by atoms with Gasteiger partial charge in [0.2, 0.25) is 5.91 Å². The second-order valence-corrected chi connectivity index (χ2v) is 6.21. The van der Waals surface area contributed by atoms with E-state index < -0.39 is 5.41 Å². The Morgan fingerprint density at radius 2 is 2.10 bits per heavy atom. The van der Waals surface area contributed by atoms with Crippen molar-refractivity contribution in [3.05, 3.63) is 35.6 Å². The lowest BCUT2D eigenvalue weighted by Crippen LogP contribution is -2.42. The molecule has 116 valence electrons. The predicted molar refractivity (Wildman–Crippen MR) is 82.9 cm³/mol. The van der Waals surface area contributed by atoms with Crippen LogP contribution in [0.2, 0.25) is 0 Å². The van der Waals surface area contributed by atoms with Crippen LogP contribution in [-0.2, 0) is 10.2 Å². The number of carbonyl (C=O) groups excluding carboxylic acids is 1. The lowest BCUT2D eigenvalue weighted by atomic mass is 9.93. The fraction of sp³-hybridized carbons (Fsp3) is 0.562. The summed E-state index contributed by atoms with van der Waals surface area (Å²) < 4.78 is 14.0. The quantitative estimate of drug-likeness (QED) is 0.932. The summed E-state index contributed by atoms with van der Waals surface area (Å²) in [6.45, 7) is 3.39. The van der Waals surface area contributed by atoms with Gasteiger partial charge in [-0.3, -0.25) is 4.79 Å². The highest BCUT2D eigenvalue weighted by atomic mass is 35.5. The smallest absolute Gasteiger partial charge is 0.233 e. The Labute approximate surface area is 131 Å². The molecule has 1 saturated heterocycles. The van der Waals surface area contributed by atoms with Crippen LogP contribution < -0.4 is 5.73 Å². The highest BCUT2D eigenvalue weighted by molar-refractivity contribution is 5.91. The summed E-state index contributed by atoms with van der Waals surface area (Å²) in [5.74, 6) is 0.206. The van der Waals surface area contributed by atoms with Crippen LogP contribution in [0.3, 0.4) is 0 Å². The van der Waals surface area contributed by atoms with Crippen molar-refractivity contribution in [2.24, 2.45) is 11.7 Å². The first-order valence-electron chi connectivity index (χ1n) is 7.34. The van der Waals surface area contributed by atoms with E-state index in [2.05, 4.69) is 6.92 Å². The molecule has 1 saturated carbocycles. The highest BCUT2D eigenvalue weighted by Crippen LogP contribution is 2.51. The second kappa shape index (κ2) is 5.93. The Hall–Kier alpha value is -1.13. The Balaban J connectivity index is 0.00000161. The molecule has 1 heterocycles. The standard InChI is InChI=1S/C16H21FN2O.ClH/c1-11-8-12(9-18)10-19(11)15(20)16(6-7-16)13-4-2-3-5-14(13)17;/h2-5,11-12H,6-10,18H2,1H3;1H. The zero-order valence-corrected chi connectivity index (χ0v) is 13.0. The minimum absolute atomic E-state index is 0. The maximum Gasteiger partial charge on any atom is 0.233 e. The molecule has 21 heavy (non-hydrogen) atoms. The van der Waals surface area contributed by atoms with E-state index in [4.69, 9.17) is 5.73 Å². The first-order valence-corrected chi connectivity index (χ1v) is 7.34. The molecule has 2 aliphatic rings. The number of hydrogen-bond donors (Lipinski definition) is 1. The molecule has 1 amide bonds. The molecule has 1 aliphatic heterocycles. The number of likely N-dealkylation sites (tertiary alicyclic amines) is 1. The molecule has 3 rings (SSSR count). The summed E-state index contributed by atoms with van der Waals surface area (Å²) in [5.41, 5.74) is 5.68. The normalized spacial score (nSPS) is 26.3. The van der Waals surface area contributed by atoms with Gasteiger partial charge in [0.15, 0.2) is 0 Å². The van der Waals surface area contributed by atoms with Crippen LogP contribution in [0.1, 0.15) is 31.7 Å². The van der Waals surface area contributed by atoms with Gasteiger partial charge in [0.25, 0.3) is 0 Å². The summed E-state index contributed by atoms with van der Waals surface area (Å²) in [4.78, 5) is 14.8. The average molecular weight is 313 g/mol. The van der Waals surface area contributed by atoms with Crippen LogP contribution in [0.25, 0.3) is 0 Å². The minimum atomic E-state index is -0.608. The van der Waals surface area contributed by atoms with E-state index in [1.54, 1.807) is 12.1 Å². The van der Waals surface area contributed by atoms with Crippen molar-refractivity contribution < 1.29 is 9.18 Å². The molecular weight excluding hydrogens is 291 g/mol. The molecule has 2 N–H and O–H groups in total. The zero-order chi connectivity index (χ0) is 14.3. The third kappa shape index (κ3) is 2.67. The van der Waals surface area contributed by atoms with Crippen LogP contribution in [0, 0.1) is 11.7 Å². The molecular formula is C16H22ClFN2O. The van der Waals surface area contributed by atoms with E-state index in [-0.39, 0.29) is 30.2 Å². The average Bonchev–Trinajstić information content (AvgIpc) is 3.16. The summed E-state index contributed by atoms with van der Waals surface area (Å²) in [5, 5.41) is 0. The van der Waals surface area contributed by atoms with Crippen molar-refractivity contribution in [3.63, 3.8) is 0 Å². The summed E-state index contributed by atoms with van der Waals surface area (Å²) >= 11 is 0. The van der Waals surface area contributed by atoms with E-state index in [0.29, 0.717) is 24.6 Å². The highest BCUT2D eigenvalue weighted by Gasteiger charge is 2.55. The molecule has 2 fully saturated rings. The maximum absolute atomic E-state index is 14.0. The number of nitrogens with two attached hydrogens (primary N) is 1. The summed E-state index contributed by atoms with van der Waals surface area (Å²) in [7, 11) is 0. The molecule has 5 heteroatoms. The van der Waals surface area contributed by atoms with Crippen molar-refractivity contribution in [2.45, 2.75) is 37.6 Å². The van der Waals surface area contributed by atoms with E-state index in [9.17, 15) is 9.18 Å². The third-order valence-electron chi connectivity index (χ3n) is 4.80. The fourth-order valence-electron chi connectivity index (χ4n) is 3.44. The monoisotopic (exact) mass is 312 g/mol. The molecule has 0 spiro atoms. The van der Waals surface area contributed by atoms with Crippen molar-refractivity contribution in [2.75, 3.05) is 13.1 Å². The topological polar surface area (TPSA) is 46.3 Å². The Morgan fingerprint density at radius 1 is 1.43 bits per heavy atom. The first kappa shape index (κ1) is 16.2. The lowest BCUT2D eigenvalue weighted by molar-refractivity contribution is -0.134. The zero-order valence-electron chi connectivity index (χ0n) is 12.2. The van der Waals surface area contributed by atoms with Crippen LogP contribution in [0.4, 0.5) is 4.39 Å². The maximum atomic E-state index is 14.0. The van der Waals surface area contributed by atoms with Crippen molar-refractivity contribution in [3.8, 4) is 0 Å². The van der Waals surface area contributed by atoms with E-state index in [0.717, 1.165) is 19.3 Å². The molecule has 2 atom stereocenters. The molecule has 0 radical (unpaired) electrons. The van der Waals surface area contributed by atoms with Gasteiger partial charge in [-0.25, -0.2) is 4.39 Å². The number of carbonyl (C=O) groups is 1. The largest absolute Gasteiger partial charge is 0.339 e. The molecule has 0 bridgehead atoms. The fourth-order valence-corrected chi connectivity index (χ4v) is 3.44. The van der Waals surface area contributed by atoms with Gasteiger partial charge in [0.1, 0.15) is 5.82 Å². The molecule has 0 aromatic heterocycles. The molecule has 1 aromatic rings. The molecule has 1 aromatic carbocycles. The SMILES string of the molecule is CC1CC(CN)CN1C(=O)C1(c2ccccc2F)CC1.Cl. The van der Waals surface area contributed by atoms with Gasteiger partial charge in [-0.2, -0.15) is 0 Å². The van der Waals surface area contributed by atoms with Gasteiger partial charge in [-0.05, 0) is 44.7 Å². The van der Waals surface area contributed by atoms with Gasteiger partial charge in [0, 0.05) is 18.2 Å². The Kier molecular flexibility index (Phi) is 4.59. The van der Waals surface area contributed by atoms with Gasteiger partial charge in [0.05, 0.1) is 5.41 Å². The van der Waals surface area contributed by atoms with Crippen LogP contribution >= 0.6 is 12.4 Å². The Morgan fingerprint density at radius 3 is 2.62 bits per heavy atom. The summed E-state index contributed by atoms with van der Waals surface area (Å²) in [6, 6.07) is 6.88. The number of amides is 1. The van der Waals surface area contributed by atoms with Crippen LogP contribution in [-0.4, -0.2) is 29.9 Å². The van der Waals surface area contributed by atoms with Gasteiger partial charge >= 0.3 is 0 Å². The van der Waals surface area contributed by atoms with Crippen LogP contribution in [0.15, 0.2) is 24.3 Å². The lowest BCUT2D eigenvalue weighted by Gasteiger charge is -2.27. The van der Waals surface area contributed by atoms with Crippen LogP contribution in [0.5, 0.6) is 0 Å². The van der Waals surface area contributed by atoms with Crippen molar-refractivity contribution in [1.29, 1.82) is 0 Å². The first-order chi connectivity index (χ1) is 9.58. The van der Waals surface area contributed by atoms with Crippen molar-refractivity contribution >= 4 is 18.3 Å². The second-order valence-electron chi connectivity index (χ2n) is 6.21. The molecule has 2 unspecified atom stereocenters. The molecule has 1 aliphatic carbocycles. The Bertz CT molecular complexity index is 533. The number of halogens is 2. The minimum Gasteiger partial charge on any atom is -0.339 e. The number of rotatable bonds is 3. The third-order valence-corrected chi connectivity index (χ3v) is 4.80. The van der Waals surface area contributed by atoms with Gasteiger partial charge in [-0.15, -0.1) is 12.4 Å². The number of nitrogens with zero attached hydrogens (tertiary/aromatic N) is 1. The van der Waals surface area contributed by atoms with Crippen molar-refractivity contribution in [1.82, 2.24) is 4.90 Å². The molecule has 3 nitrogen and oxygen atoms in total.